The van der Waals surface area contributed by atoms with Gasteiger partial charge in [-0.3, -0.25) is 4.98 Å². The second-order valence-corrected chi connectivity index (χ2v) is 5.62. The normalized spacial score (nSPS) is 17.5. The first-order valence-corrected chi connectivity index (χ1v) is 7.13. The summed E-state index contributed by atoms with van der Waals surface area (Å²) in [5.41, 5.74) is 3.49. The van der Waals surface area contributed by atoms with Gasteiger partial charge in [0.2, 0.25) is 0 Å². The van der Waals surface area contributed by atoms with Gasteiger partial charge in [0, 0.05) is 22.7 Å². The summed E-state index contributed by atoms with van der Waals surface area (Å²) < 4.78 is 6.78. The Morgan fingerprint density at radius 3 is 3.11 bits per heavy atom. The molecule has 1 aliphatic heterocycles. The number of anilines is 1. The molecule has 1 aromatic heterocycles. The third-order valence-corrected chi connectivity index (χ3v) is 3.87. The molecular formula is C15H15BrN2O. The maximum Gasteiger partial charge on any atom is 0.124 e. The molecule has 0 saturated heterocycles. The molecule has 3 nitrogen and oxygen atoms in total. The zero-order chi connectivity index (χ0) is 13.2. The van der Waals surface area contributed by atoms with Crippen LogP contribution in [0.4, 0.5) is 5.69 Å². The fourth-order valence-electron chi connectivity index (χ4n) is 2.32. The van der Waals surface area contributed by atoms with E-state index in [4.69, 9.17) is 4.74 Å². The molecule has 0 spiro atoms. The number of fused-ring (bicyclic) bond motifs is 1. The van der Waals surface area contributed by atoms with E-state index >= 15 is 0 Å². The Balaban J connectivity index is 1.92. The molecule has 0 amide bonds. The van der Waals surface area contributed by atoms with Gasteiger partial charge in [-0.25, -0.2) is 0 Å². The van der Waals surface area contributed by atoms with Gasteiger partial charge in [-0.05, 0) is 36.8 Å². The maximum atomic E-state index is 5.70. The Bertz CT molecular complexity index is 600. The van der Waals surface area contributed by atoms with Crippen molar-refractivity contribution < 1.29 is 4.74 Å². The van der Waals surface area contributed by atoms with Crippen LogP contribution in [0.15, 0.2) is 41.1 Å². The second-order valence-electron chi connectivity index (χ2n) is 4.71. The van der Waals surface area contributed by atoms with E-state index in [1.54, 1.807) is 0 Å². The van der Waals surface area contributed by atoms with Crippen molar-refractivity contribution in [3.8, 4) is 5.75 Å². The minimum Gasteiger partial charge on any atom is -0.493 e. The van der Waals surface area contributed by atoms with E-state index < -0.39 is 0 Å². The topological polar surface area (TPSA) is 34.2 Å². The Labute approximate surface area is 121 Å². The highest BCUT2D eigenvalue weighted by atomic mass is 79.9. The van der Waals surface area contributed by atoms with Gasteiger partial charge in [-0.1, -0.05) is 15.9 Å². The number of rotatable bonds is 2. The van der Waals surface area contributed by atoms with Gasteiger partial charge in [0.05, 0.1) is 24.5 Å². The van der Waals surface area contributed by atoms with Crippen LogP contribution in [0, 0.1) is 6.92 Å². The SMILES string of the molecule is Cc1ccncc1NC1CCOc2ccc(Br)cc21. The highest BCUT2D eigenvalue weighted by Gasteiger charge is 2.22. The predicted molar refractivity (Wildman–Crippen MR) is 79.6 cm³/mol. The Hall–Kier alpha value is -1.55. The lowest BCUT2D eigenvalue weighted by atomic mass is 10.00. The van der Waals surface area contributed by atoms with Crippen LogP contribution in [-0.2, 0) is 0 Å². The zero-order valence-corrected chi connectivity index (χ0v) is 12.3. The summed E-state index contributed by atoms with van der Waals surface area (Å²) in [6.07, 6.45) is 4.65. The molecule has 1 atom stereocenters. The molecule has 0 aliphatic carbocycles. The van der Waals surface area contributed by atoms with Crippen LogP contribution < -0.4 is 10.1 Å². The second kappa shape index (κ2) is 5.21. The summed E-state index contributed by atoms with van der Waals surface area (Å²) in [4.78, 5) is 4.18. The number of pyridine rings is 1. The lowest BCUT2D eigenvalue weighted by molar-refractivity contribution is 0.274. The summed E-state index contributed by atoms with van der Waals surface area (Å²) in [5.74, 6) is 0.966. The van der Waals surface area contributed by atoms with Crippen LogP contribution in [0.3, 0.4) is 0 Å². The third kappa shape index (κ3) is 2.59. The number of hydrogen-bond donors (Lipinski definition) is 1. The third-order valence-electron chi connectivity index (χ3n) is 3.38. The highest BCUT2D eigenvalue weighted by molar-refractivity contribution is 9.10. The first-order valence-electron chi connectivity index (χ1n) is 6.33. The summed E-state index contributed by atoms with van der Waals surface area (Å²) >= 11 is 3.52. The average Bonchev–Trinajstić information content (AvgIpc) is 2.42. The van der Waals surface area contributed by atoms with Crippen molar-refractivity contribution in [2.24, 2.45) is 0 Å². The maximum absolute atomic E-state index is 5.70. The van der Waals surface area contributed by atoms with E-state index in [9.17, 15) is 0 Å². The molecule has 0 bridgehead atoms. The number of benzene rings is 1. The smallest absolute Gasteiger partial charge is 0.124 e. The Morgan fingerprint density at radius 2 is 2.26 bits per heavy atom. The number of nitrogens with zero attached hydrogens (tertiary/aromatic N) is 1. The molecule has 0 saturated carbocycles. The first kappa shape index (κ1) is 12.5. The molecular weight excluding hydrogens is 304 g/mol. The predicted octanol–water partition coefficient (Wildman–Crippen LogP) is 4.09. The minimum absolute atomic E-state index is 0.268. The molecule has 98 valence electrons. The number of aryl methyl sites for hydroxylation is 1. The molecule has 0 fully saturated rings. The van der Waals surface area contributed by atoms with Crippen LogP contribution in [0.5, 0.6) is 5.75 Å². The molecule has 1 unspecified atom stereocenters. The molecule has 1 aliphatic rings. The van der Waals surface area contributed by atoms with Crippen LogP contribution in [-0.4, -0.2) is 11.6 Å². The van der Waals surface area contributed by atoms with Crippen LogP contribution >= 0.6 is 15.9 Å². The summed E-state index contributed by atoms with van der Waals surface area (Å²) in [6.45, 7) is 2.83. The van der Waals surface area contributed by atoms with E-state index in [0.29, 0.717) is 0 Å². The molecule has 3 rings (SSSR count). The first-order chi connectivity index (χ1) is 9.24. The van der Waals surface area contributed by atoms with Gasteiger partial charge in [-0.2, -0.15) is 0 Å². The number of ether oxygens (including phenoxy) is 1. The van der Waals surface area contributed by atoms with E-state index in [0.717, 1.165) is 28.9 Å². The van der Waals surface area contributed by atoms with Crippen LogP contribution in [0.2, 0.25) is 0 Å². The fraction of sp³-hybridized carbons (Fsp3) is 0.267. The van der Waals surface area contributed by atoms with Crippen molar-refractivity contribution in [3.05, 3.63) is 52.3 Å². The van der Waals surface area contributed by atoms with Crippen molar-refractivity contribution in [2.75, 3.05) is 11.9 Å². The molecule has 19 heavy (non-hydrogen) atoms. The zero-order valence-electron chi connectivity index (χ0n) is 10.7. The molecule has 1 N–H and O–H groups in total. The quantitative estimate of drug-likeness (QED) is 0.905. The molecule has 0 radical (unpaired) electrons. The van der Waals surface area contributed by atoms with Gasteiger partial charge in [-0.15, -0.1) is 0 Å². The number of nitrogens with one attached hydrogen (secondary N) is 1. The fourth-order valence-corrected chi connectivity index (χ4v) is 2.70. The van der Waals surface area contributed by atoms with Crippen molar-refractivity contribution in [1.82, 2.24) is 4.98 Å². The van der Waals surface area contributed by atoms with Crippen molar-refractivity contribution in [1.29, 1.82) is 0 Å². The lowest BCUT2D eigenvalue weighted by Gasteiger charge is -2.28. The van der Waals surface area contributed by atoms with Crippen LogP contribution in [0.1, 0.15) is 23.6 Å². The van der Waals surface area contributed by atoms with Gasteiger partial charge in [0.1, 0.15) is 5.75 Å². The number of aromatic nitrogens is 1. The van der Waals surface area contributed by atoms with Crippen molar-refractivity contribution in [2.45, 2.75) is 19.4 Å². The number of hydrogen-bond acceptors (Lipinski definition) is 3. The number of halogens is 1. The largest absolute Gasteiger partial charge is 0.493 e. The lowest BCUT2D eigenvalue weighted by Crippen LogP contribution is -2.20. The minimum atomic E-state index is 0.268. The highest BCUT2D eigenvalue weighted by Crippen LogP contribution is 2.36. The molecule has 4 heteroatoms. The van der Waals surface area contributed by atoms with Gasteiger partial charge in [0.25, 0.3) is 0 Å². The standard InChI is InChI=1S/C15H15BrN2O/c1-10-4-6-17-9-14(10)18-13-5-7-19-15-3-2-11(16)8-12(13)15/h2-4,6,8-9,13,18H,5,7H2,1H3. The van der Waals surface area contributed by atoms with Gasteiger partial charge < -0.3 is 10.1 Å². The van der Waals surface area contributed by atoms with Gasteiger partial charge in [0.15, 0.2) is 0 Å². The summed E-state index contributed by atoms with van der Waals surface area (Å²) in [5, 5.41) is 3.57. The van der Waals surface area contributed by atoms with Crippen molar-refractivity contribution >= 4 is 21.6 Å². The van der Waals surface area contributed by atoms with Crippen LogP contribution in [0.25, 0.3) is 0 Å². The van der Waals surface area contributed by atoms with E-state index in [1.165, 1.54) is 11.1 Å². The summed E-state index contributed by atoms with van der Waals surface area (Å²) in [7, 11) is 0. The molecule has 1 aromatic carbocycles. The van der Waals surface area contributed by atoms with Crippen molar-refractivity contribution in [3.63, 3.8) is 0 Å². The van der Waals surface area contributed by atoms with E-state index in [1.807, 2.05) is 30.6 Å². The summed E-state index contributed by atoms with van der Waals surface area (Å²) in [6, 6.07) is 8.44. The van der Waals surface area contributed by atoms with E-state index in [2.05, 4.69) is 39.2 Å². The molecule has 2 heterocycles. The molecule has 2 aromatic rings. The van der Waals surface area contributed by atoms with E-state index in [-0.39, 0.29) is 6.04 Å². The Morgan fingerprint density at radius 1 is 1.37 bits per heavy atom. The van der Waals surface area contributed by atoms with Gasteiger partial charge >= 0.3 is 0 Å². The monoisotopic (exact) mass is 318 g/mol. The Kier molecular flexibility index (Phi) is 3.42. The average molecular weight is 319 g/mol.